The van der Waals surface area contributed by atoms with Gasteiger partial charge >= 0.3 is 5.97 Å². The summed E-state index contributed by atoms with van der Waals surface area (Å²) in [5.41, 5.74) is 0.361. The fourth-order valence-electron chi connectivity index (χ4n) is 2.76. The predicted molar refractivity (Wildman–Crippen MR) is 79.5 cm³/mol. The summed E-state index contributed by atoms with van der Waals surface area (Å²) in [6.45, 7) is 11.5. The van der Waals surface area contributed by atoms with Crippen LogP contribution in [0.4, 0.5) is 0 Å². The zero-order valence-electron chi connectivity index (χ0n) is 13.4. The van der Waals surface area contributed by atoms with Crippen LogP contribution in [-0.2, 0) is 14.3 Å². The van der Waals surface area contributed by atoms with E-state index in [0.717, 1.165) is 31.8 Å². The van der Waals surface area contributed by atoms with Gasteiger partial charge in [-0.15, -0.1) is 0 Å². The van der Waals surface area contributed by atoms with E-state index in [9.17, 15) is 9.59 Å². The van der Waals surface area contributed by atoms with E-state index in [-0.39, 0.29) is 18.2 Å². The van der Waals surface area contributed by atoms with Gasteiger partial charge in [0.15, 0.2) is 0 Å². The number of esters is 1. The van der Waals surface area contributed by atoms with Crippen LogP contribution in [0.2, 0.25) is 0 Å². The van der Waals surface area contributed by atoms with Gasteiger partial charge in [-0.1, -0.05) is 20.8 Å². The van der Waals surface area contributed by atoms with Gasteiger partial charge in [-0.2, -0.15) is 0 Å². The average molecular weight is 283 g/mol. The second-order valence-corrected chi connectivity index (χ2v) is 6.76. The standard InChI is InChI=1S/C16H29NO3/c1-5-20-15(19)7-6-14(18)12-17-10-8-13(9-11-17)16(2,3)4/h13H,5-12H2,1-4H3. The highest BCUT2D eigenvalue weighted by atomic mass is 16.5. The lowest BCUT2D eigenvalue weighted by Crippen LogP contribution is -2.40. The minimum Gasteiger partial charge on any atom is -0.466 e. The van der Waals surface area contributed by atoms with E-state index in [2.05, 4.69) is 25.7 Å². The maximum absolute atomic E-state index is 11.8. The topological polar surface area (TPSA) is 46.6 Å². The largest absolute Gasteiger partial charge is 0.466 e. The Morgan fingerprint density at radius 3 is 2.25 bits per heavy atom. The van der Waals surface area contributed by atoms with Crippen LogP contribution in [-0.4, -0.2) is 42.9 Å². The molecule has 1 aliphatic heterocycles. The number of ketones is 1. The maximum Gasteiger partial charge on any atom is 0.306 e. The Labute approximate surface area is 122 Å². The summed E-state index contributed by atoms with van der Waals surface area (Å²) in [4.78, 5) is 25.3. The number of carbonyl (C=O) groups is 2. The molecule has 0 aromatic carbocycles. The van der Waals surface area contributed by atoms with Crippen molar-refractivity contribution in [3.8, 4) is 0 Å². The van der Waals surface area contributed by atoms with Crippen molar-refractivity contribution in [1.82, 2.24) is 4.90 Å². The first-order valence-corrected chi connectivity index (χ1v) is 7.72. The van der Waals surface area contributed by atoms with Crippen LogP contribution in [0.1, 0.15) is 53.4 Å². The number of carbonyl (C=O) groups excluding carboxylic acids is 2. The molecule has 0 radical (unpaired) electrons. The molecule has 0 atom stereocenters. The van der Waals surface area contributed by atoms with Gasteiger partial charge in [0.2, 0.25) is 0 Å². The van der Waals surface area contributed by atoms with Crippen LogP contribution in [0, 0.1) is 11.3 Å². The first-order valence-electron chi connectivity index (χ1n) is 7.72. The highest BCUT2D eigenvalue weighted by Crippen LogP contribution is 2.34. The Morgan fingerprint density at radius 2 is 1.75 bits per heavy atom. The number of piperidine rings is 1. The van der Waals surface area contributed by atoms with Crippen molar-refractivity contribution in [2.45, 2.75) is 53.4 Å². The summed E-state index contributed by atoms with van der Waals surface area (Å²) in [5.74, 6) is 0.618. The molecule has 1 rings (SSSR count). The number of Topliss-reactive ketones (excluding diaryl/α,β-unsaturated/α-hetero) is 1. The van der Waals surface area contributed by atoms with Crippen LogP contribution >= 0.6 is 0 Å². The lowest BCUT2D eigenvalue weighted by Gasteiger charge is -2.38. The molecule has 0 spiro atoms. The molecule has 0 N–H and O–H groups in total. The van der Waals surface area contributed by atoms with Gasteiger partial charge in [0, 0.05) is 6.42 Å². The van der Waals surface area contributed by atoms with Crippen molar-refractivity contribution < 1.29 is 14.3 Å². The predicted octanol–water partition coefficient (Wildman–Crippen LogP) is 2.66. The molecule has 1 fully saturated rings. The Hall–Kier alpha value is -0.900. The van der Waals surface area contributed by atoms with Crippen molar-refractivity contribution in [3.05, 3.63) is 0 Å². The third kappa shape index (κ3) is 6.04. The van der Waals surface area contributed by atoms with E-state index in [1.807, 2.05) is 0 Å². The lowest BCUT2D eigenvalue weighted by atomic mass is 9.75. The lowest BCUT2D eigenvalue weighted by molar-refractivity contribution is -0.144. The minimum atomic E-state index is -0.271. The number of ether oxygens (including phenoxy) is 1. The summed E-state index contributed by atoms with van der Waals surface area (Å²) in [7, 11) is 0. The fraction of sp³-hybridized carbons (Fsp3) is 0.875. The quantitative estimate of drug-likeness (QED) is 0.703. The Kier molecular flexibility index (Phi) is 6.66. The van der Waals surface area contributed by atoms with Gasteiger partial charge < -0.3 is 4.74 Å². The summed E-state index contributed by atoms with van der Waals surface area (Å²) in [6, 6.07) is 0. The zero-order valence-corrected chi connectivity index (χ0v) is 13.4. The number of hydrogen-bond acceptors (Lipinski definition) is 4. The highest BCUT2D eigenvalue weighted by Gasteiger charge is 2.29. The molecular weight excluding hydrogens is 254 g/mol. The molecule has 0 unspecified atom stereocenters. The monoisotopic (exact) mass is 283 g/mol. The molecular formula is C16H29NO3. The van der Waals surface area contributed by atoms with Gasteiger partial charge in [-0.25, -0.2) is 0 Å². The molecule has 20 heavy (non-hydrogen) atoms. The SMILES string of the molecule is CCOC(=O)CCC(=O)CN1CCC(C(C)(C)C)CC1. The summed E-state index contributed by atoms with van der Waals surface area (Å²) < 4.78 is 4.83. The Morgan fingerprint density at radius 1 is 1.15 bits per heavy atom. The van der Waals surface area contributed by atoms with Crippen molar-refractivity contribution in [3.63, 3.8) is 0 Å². The Balaban J connectivity index is 2.23. The van der Waals surface area contributed by atoms with E-state index in [1.165, 1.54) is 0 Å². The van der Waals surface area contributed by atoms with E-state index in [1.54, 1.807) is 6.92 Å². The summed E-state index contributed by atoms with van der Waals surface area (Å²) in [5, 5.41) is 0. The molecule has 1 heterocycles. The van der Waals surface area contributed by atoms with E-state index in [4.69, 9.17) is 4.74 Å². The van der Waals surface area contributed by atoms with E-state index in [0.29, 0.717) is 25.0 Å². The molecule has 0 aliphatic carbocycles. The molecule has 0 amide bonds. The van der Waals surface area contributed by atoms with Crippen LogP contribution in [0.3, 0.4) is 0 Å². The number of rotatable bonds is 6. The van der Waals surface area contributed by atoms with Crippen molar-refractivity contribution in [1.29, 1.82) is 0 Å². The third-order valence-electron chi connectivity index (χ3n) is 4.13. The molecule has 0 aromatic heterocycles. The van der Waals surface area contributed by atoms with Crippen molar-refractivity contribution in [2.75, 3.05) is 26.2 Å². The fourth-order valence-corrected chi connectivity index (χ4v) is 2.76. The molecule has 0 bridgehead atoms. The first kappa shape index (κ1) is 17.2. The van der Waals surface area contributed by atoms with Crippen LogP contribution < -0.4 is 0 Å². The third-order valence-corrected chi connectivity index (χ3v) is 4.13. The number of likely N-dealkylation sites (tertiary alicyclic amines) is 1. The van der Waals surface area contributed by atoms with Crippen molar-refractivity contribution in [2.24, 2.45) is 11.3 Å². The molecule has 0 aromatic rings. The van der Waals surface area contributed by atoms with Crippen LogP contribution in [0.25, 0.3) is 0 Å². The van der Waals surface area contributed by atoms with E-state index >= 15 is 0 Å². The van der Waals surface area contributed by atoms with Gasteiger partial charge in [0.1, 0.15) is 5.78 Å². The Bertz CT molecular complexity index is 325. The second-order valence-electron chi connectivity index (χ2n) is 6.76. The molecule has 4 heteroatoms. The summed E-state index contributed by atoms with van der Waals surface area (Å²) in [6.07, 6.45) is 2.84. The molecule has 4 nitrogen and oxygen atoms in total. The van der Waals surface area contributed by atoms with Gasteiger partial charge in [0.25, 0.3) is 0 Å². The second kappa shape index (κ2) is 7.77. The van der Waals surface area contributed by atoms with Gasteiger partial charge in [-0.05, 0) is 44.2 Å². The van der Waals surface area contributed by atoms with Gasteiger partial charge in [0.05, 0.1) is 19.6 Å². The van der Waals surface area contributed by atoms with E-state index < -0.39 is 0 Å². The first-order chi connectivity index (χ1) is 9.32. The zero-order chi connectivity index (χ0) is 15.2. The van der Waals surface area contributed by atoms with Crippen LogP contribution in [0.5, 0.6) is 0 Å². The maximum atomic E-state index is 11.8. The number of nitrogens with zero attached hydrogens (tertiary/aromatic N) is 1. The normalized spacial score (nSPS) is 18.0. The van der Waals surface area contributed by atoms with Gasteiger partial charge in [-0.3, -0.25) is 14.5 Å². The molecule has 0 saturated carbocycles. The summed E-state index contributed by atoms with van der Waals surface area (Å²) >= 11 is 0. The smallest absolute Gasteiger partial charge is 0.306 e. The number of hydrogen-bond donors (Lipinski definition) is 0. The minimum absolute atomic E-state index is 0.146. The van der Waals surface area contributed by atoms with Crippen molar-refractivity contribution >= 4 is 11.8 Å². The molecule has 1 saturated heterocycles. The van der Waals surface area contributed by atoms with Crippen LogP contribution in [0.15, 0.2) is 0 Å². The molecule has 116 valence electrons. The average Bonchev–Trinajstić information content (AvgIpc) is 2.36. The highest BCUT2D eigenvalue weighted by molar-refractivity contribution is 5.84. The molecule has 1 aliphatic rings.